The largest absolute Gasteiger partial charge is 0.348 e. The lowest BCUT2D eigenvalue weighted by molar-refractivity contribution is 0.429. The normalized spacial score (nSPS) is 19.9. The molecule has 0 fully saturated rings. The van der Waals surface area contributed by atoms with E-state index in [1.54, 1.807) is 6.33 Å². The third-order valence-electron chi connectivity index (χ3n) is 4.45. The van der Waals surface area contributed by atoms with Crippen molar-refractivity contribution in [1.29, 1.82) is 0 Å². The van der Waals surface area contributed by atoms with E-state index in [1.165, 1.54) is 16.7 Å². The minimum Gasteiger partial charge on any atom is -0.348 e. The molecule has 23 heavy (non-hydrogen) atoms. The second kappa shape index (κ2) is 5.81. The lowest BCUT2D eigenvalue weighted by Crippen LogP contribution is -2.28. The van der Waals surface area contributed by atoms with Gasteiger partial charge in [0.25, 0.3) is 0 Å². The number of rotatable bonds is 2. The van der Waals surface area contributed by atoms with Crippen molar-refractivity contribution in [2.24, 2.45) is 0 Å². The van der Waals surface area contributed by atoms with Gasteiger partial charge in [-0.25, -0.2) is 4.68 Å². The number of fused-ring (bicyclic) bond motifs is 1. The molecule has 0 amide bonds. The van der Waals surface area contributed by atoms with Crippen LogP contribution in [0, 0.1) is 6.92 Å². The average Bonchev–Trinajstić information content (AvgIpc) is 3.04. The molecule has 0 saturated carbocycles. The van der Waals surface area contributed by atoms with Crippen molar-refractivity contribution in [3.05, 3.63) is 76.0 Å². The van der Waals surface area contributed by atoms with Crippen LogP contribution in [-0.2, 0) is 0 Å². The second-order valence-corrected chi connectivity index (χ2v) is 6.80. The predicted molar refractivity (Wildman–Crippen MR) is 94.5 cm³/mol. The molecule has 0 spiro atoms. The Labute approximate surface area is 143 Å². The first kappa shape index (κ1) is 14.5. The van der Waals surface area contributed by atoms with E-state index in [4.69, 9.17) is 0 Å². The summed E-state index contributed by atoms with van der Waals surface area (Å²) in [5.74, 6) is 0.831. The van der Waals surface area contributed by atoms with Gasteiger partial charge in [-0.2, -0.15) is 10.1 Å². The van der Waals surface area contributed by atoms with Crippen LogP contribution in [0.1, 0.15) is 35.2 Å². The highest BCUT2D eigenvalue weighted by Gasteiger charge is 2.30. The van der Waals surface area contributed by atoms with Gasteiger partial charge in [-0.1, -0.05) is 52.3 Å². The topological polar surface area (TPSA) is 42.7 Å². The van der Waals surface area contributed by atoms with E-state index in [1.807, 2.05) is 4.68 Å². The highest BCUT2D eigenvalue weighted by molar-refractivity contribution is 9.10. The van der Waals surface area contributed by atoms with Crippen molar-refractivity contribution < 1.29 is 0 Å². The molecule has 5 heteroatoms. The van der Waals surface area contributed by atoms with Crippen molar-refractivity contribution >= 4 is 21.9 Å². The Morgan fingerprint density at radius 1 is 1.13 bits per heavy atom. The molecule has 1 aliphatic heterocycles. The fourth-order valence-corrected chi connectivity index (χ4v) is 3.52. The van der Waals surface area contributed by atoms with Crippen molar-refractivity contribution in [1.82, 2.24) is 14.8 Å². The highest BCUT2D eigenvalue weighted by atomic mass is 79.9. The monoisotopic (exact) mass is 368 g/mol. The summed E-state index contributed by atoms with van der Waals surface area (Å²) in [4.78, 5) is 4.39. The lowest BCUT2D eigenvalue weighted by Gasteiger charge is -2.32. The molecule has 2 heterocycles. The van der Waals surface area contributed by atoms with Crippen molar-refractivity contribution in [3.63, 3.8) is 0 Å². The van der Waals surface area contributed by atoms with Crippen LogP contribution in [0.5, 0.6) is 0 Å². The zero-order valence-electron chi connectivity index (χ0n) is 12.8. The van der Waals surface area contributed by atoms with Crippen molar-refractivity contribution in [3.8, 4) is 0 Å². The Bertz CT molecular complexity index is 825. The fourth-order valence-electron chi connectivity index (χ4n) is 3.25. The quantitative estimate of drug-likeness (QED) is 0.724. The molecule has 4 rings (SSSR count). The van der Waals surface area contributed by atoms with Crippen molar-refractivity contribution in [2.45, 2.75) is 25.4 Å². The van der Waals surface area contributed by atoms with Crippen LogP contribution in [0.25, 0.3) is 0 Å². The molecule has 3 aromatic rings. The maximum absolute atomic E-state index is 4.43. The summed E-state index contributed by atoms with van der Waals surface area (Å²) in [6, 6.07) is 17.4. The molecule has 0 unspecified atom stereocenters. The summed E-state index contributed by atoms with van der Waals surface area (Å²) in [6.07, 6.45) is 2.57. The summed E-state index contributed by atoms with van der Waals surface area (Å²) in [5, 5.41) is 7.94. The average molecular weight is 369 g/mol. The summed E-state index contributed by atoms with van der Waals surface area (Å²) in [6.45, 7) is 2.16. The number of hydrogen-bond donors (Lipinski definition) is 1. The third-order valence-corrected chi connectivity index (χ3v) is 4.98. The van der Waals surface area contributed by atoms with Gasteiger partial charge in [-0.05, 0) is 42.2 Å². The maximum Gasteiger partial charge on any atom is 0.222 e. The van der Waals surface area contributed by atoms with E-state index < -0.39 is 0 Å². The fraction of sp³-hybridized carbons (Fsp3) is 0.222. The number of aryl methyl sites for hydroxylation is 1. The molecule has 2 aromatic carbocycles. The van der Waals surface area contributed by atoms with Crippen LogP contribution < -0.4 is 5.32 Å². The first-order chi connectivity index (χ1) is 11.2. The van der Waals surface area contributed by atoms with Gasteiger partial charge < -0.3 is 5.32 Å². The number of benzene rings is 2. The van der Waals surface area contributed by atoms with E-state index in [9.17, 15) is 0 Å². The number of halogens is 1. The highest BCUT2D eigenvalue weighted by Crippen LogP contribution is 2.38. The zero-order valence-corrected chi connectivity index (χ0v) is 14.4. The minimum absolute atomic E-state index is 0.198. The molecular weight excluding hydrogens is 352 g/mol. The molecule has 1 aromatic heterocycles. The number of nitrogens with zero attached hydrogens (tertiary/aromatic N) is 3. The lowest BCUT2D eigenvalue weighted by atomic mass is 9.91. The molecule has 0 radical (unpaired) electrons. The number of aromatic nitrogens is 3. The molecule has 116 valence electrons. The Kier molecular flexibility index (Phi) is 3.65. The molecule has 0 aliphatic carbocycles. The predicted octanol–water partition coefficient (Wildman–Crippen LogP) is 4.50. The molecule has 1 aliphatic rings. The van der Waals surface area contributed by atoms with E-state index in [0.29, 0.717) is 0 Å². The number of nitrogens with one attached hydrogen (secondary N) is 1. The standard InChI is InChI=1S/C18H17BrN4/c1-12-4-2-3-5-15(12)17-10-16(13-6-8-14(19)9-7-13)22-18-20-11-21-23(17)18/h2-9,11,16-17H,10H2,1H3,(H,20,21,22)/t16-,17+/m1/s1. The van der Waals surface area contributed by atoms with Crippen LogP contribution in [0.4, 0.5) is 5.95 Å². The number of anilines is 1. The van der Waals surface area contributed by atoms with Crippen LogP contribution in [0.3, 0.4) is 0 Å². The van der Waals surface area contributed by atoms with Gasteiger partial charge in [0, 0.05) is 4.47 Å². The summed E-state index contributed by atoms with van der Waals surface area (Å²) < 4.78 is 3.09. The molecular formula is C18H17BrN4. The van der Waals surface area contributed by atoms with Crippen LogP contribution >= 0.6 is 15.9 Å². The first-order valence-electron chi connectivity index (χ1n) is 7.69. The maximum atomic E-state index is 4.43. The van der Waals surface area contributed by atoms with E-state index in [-0.39, 0.29) is 12.1 Å². The third kappa shape index (κ3) is 2.65. The zero-order chi connectivity index (χ0) is 15.8. The summed E-state index contributed by atoms with van der Waals surface area (Å²) in [7, 11) is 0. The van der Waals surface area contributed by atoms with Gasteiger partial charge >= 0.3 is 0 Å². The molecule has 2 atom stereocenters. The molecule has 1 N–H and O–H groups in total. The Balaban J connectivity index is 1.75. The Morgan fingerprint density at radius 2 is 1.91 bits per heavy atom. The Morgan fingerprint density at radius 3 is 2.70 bits per heavy atom. The summed E-state index contributed by atoms with van der Waals surface area (Å²) >= 11 is 3.50. The van der Waals surface area contributed by atoms with Crippen LogP contribution in [0.2, 0.25) is 0 Å². The SMILES string of the molecule is Cc1ccccc1[C@@H]1C[C@H](c2ccc(Br)cc2)Nc2ncnn21. The second-order valence-electron chi connectivity index (χ2n) is 5.88. The van der Waals surface area contributed by atoms with E-state index in [0.717, 1.165) is 16.8 Å². The number of hydrogen-bond acceptors (Lipinski definition) is 3. The van der Waals surface area contributed by atoms with Gasteiger partial charge in [0.1, 0.15) is 6.33 Å². The smallest absolute Gasteiger partial charge is 0.222 e. The summed E-state index contributed by atoms with van der Waals surface area (Å²) in [5.41, 5.74) is 3.86. The van der Waals surface area contributed by atoms with Gasteiger partial charge in [0.2, 0.25) is 5.95 Å². The minimum atomic E-state index is 0.198. The van der Waals surface area contributed by atoms with E-state index >= 15 is 0 Å². The van der Waals surface area contributed by atoms with Crippen LogP contribution in [0.15, 0.2) is 59.3 Å². The molecule has 0 bridgehead atoms. The Hall–Kier alpha value is -2.14. The molecule has 0 saturated heterocycles. The first-order valence-corrected chi connectivity index (χ1v) is 8.49. The van der Waals surface area contributed by atoms with Crippen LogP contribution in [-0.4, -0.2) is 14.8 Å². The van der Waals surface area contributed by atoms with Gasteiger partial charge in [0.15, 0.2) is 0 Å². The van der Waals surface area contributed by atoms with Gasteiger partial charge in [-0.15, -0.1) is 0 Å². The van der Waals surface area contributed by atoms with Crippen molar-refractivity contribution in [2.75, 3.05) is 5.32 Å². The van der Waals surface area contributed by atoms with E-state index in [2.05, 4.69) is 86.8 Å². The molecule has 4 nitrogen and oxygen atoms in total. The van der Waals surface area contributed by atoms with Gasteiger partial charge in [0.05, 0.1) is 12.1 Å². The van der Waals surface area contributed by atoms with Gasteiger partial charge in [-0.3, -0.25) is 0 Å².